The molecule has 0 amide bonds. The predicted molar refractivity (Wildman–Crippen MR) is 252 cm³/mol. The molecule has 0 saturated carbocycles. The van der Waals surface area contributed by atoms with Crippen molar-refractivity contribution >= 4 is 63.7 Å². The fourth-order valence-corrected chi connectivity index (χ4v) is 9.83. The maximum atomic E-state index is 5.74. The lowest BCUT2D eigenvalue weighted by Crippen LogP contribution is -2.31. The van der Waals surface area contributed by atoms with Crippen LogP contribution in [-0.4, -0.2) is 26.4 Å². The van der Waals surface area contributed by atoms with Gasteiger partial charge in [-0.2, -0.15) is 0 Å². The number of hydrogen-bond donors (Lipinski definition) is 0. The highest BCUT2D eigenvalue weighted by atomic mass is 79.9. The summed E-state index contributed by atoms with van der Waals surface area (Å²) in [6, 6.07) is 21.3. The molecule has 0 radical (unpaired) electrons. The Kier molecular flexibility index (Phi) is 15.5. The molecule has 8 rings (SSSR count). The largest absolute Gasteiger partial charge is 0.493 e. The average Bonchev–Trinajstić information content (AvgIpc) is 3.16. The minimum absolute atomic E-state index is 0.238. The first-order valence-corrected chi connectivity index (χ1v) is 23.8. The molecule has 0 aromatic heterocycles. The zero-order valence-corrected chi connectivity index (χ0v) is 42.0. The summed E-state index contributed by atoms with van der Waals surface area (Å²) in [5, 5.41) is 0. The van der Waals surface area contributed by atoms with Crippen molar-refractivity contribution in [2.24, 2.45) is 0 Å². The quantitative estimate of drug-likeness (QED) is 0.205. The summed E-state index contributed by atoms with van der Waals surface area (Å²) in [6.45, 7) is 25.8. The van der Waals surface area contributed by atoms with Gasteiger partial charge in [-0.05, 0) is 140 Å². The van der Waals surface area contributed by atoms with Gasteiger partial charge in [-0.3, -0.25) is 0 Å². The van der Waals surface area contributed by atoms with Gasteiger partial charge < -0.3 is 18.9 Å². The molecule has 0 bridgehead atoms. The highest BCUT2D eigenvalue weighted by molar-refractivity contribution is 9.11. The first-order valence-electron chi connectivity index (χ1n) is 20.6. The SMILES string of the molecule is CC1(C)CCOc2ccc(Br)cc21.CCC1(CC)CCOc2ccc(Br)cc21.CCc1cc2c(cc1Br)C(C)(C)CCO2.Cc1cc2c(cc1Br)C(C)(C)CCO2. The first-order chi connectivity index (χ1) is 26.9. The molecule has 4 nitrogen and oxygen atoms in total. The molecule has 0 N–H and O–H groups in total. The average molecular weight is 1030 g/mol. The van der Waals surface area contributed by atoms with Crippen LogP contribution in [0.1, 0.15) is 134 Å². The lowest BCUT2D eigenvalue weighted by Gasteiger charge is -2.37. The van der Waals surface area contributed by atoms with Gasteiger partial charge >= 0.3 is 0 Å². The van der Waals surface area contributed by atoms with E-state index in [2.05, 4.69) is 181 Å². The van der Waals surface area contributed by atoms with Crippen LogP contribution in [0.3, 0.4) is 0 Å². The van der Waals surface area contributed by atoms with Gasteiger partial charge in [0.05, 0.1) is 26.4 Å². The topological polar surface area (TPSA) is 36.9 Å². The third-order valence-corrected chi connectivity index (χ3v) is 15.2. The van der Waals surface area contributed by atoms with Crippen LogP contribution in [0.15, 0.2) is 78.6 Å². The molecule has 0 saturated heterocycles. The van der Waals surface area contributed by atoms with Crippen molar-refractivity contribution in [1.29, 1.82) is 0 Å². The molecule has 0 atom stereocenters. The Labute approximate surface area is 377 Å². The number of hydrogen-bond acceptors (Lipinski definition) is 4. The normalized spacial score (nSPS) is 18.4. The molecule has 4 aromatic carbocycles. The van der Waals surface area contributed by atoms with Gasteiger partial charge in [0.1, 0.15) is 23.0 Å². The summed E-state index contributed by atoms with van der Waals surface area (Å²) < 4.78 is 27.4. The molecule has 0 unspecified atom stereocenters. The number of ether oxygens (including phenoxy) is 4. The van der Waals surface area contributed by atoms with Crippen molar-refractivity contribution in [3.8, 4) is 23.0 Å². The summed E-state index contributed by atoms with van der Waals surface area (Å²) in [5.41, 5.74) is 8.97. The van der Waals surface area contributed by atoms with Crippen LogP contribution in [0.2, 0.25) is 0 Å². The minimum Gasteiger partial charge on any atom is -0.493 e. The molecular weight excluding hydrogens is 972 g/mol. The number of aryl methyl sites for hydroxylation is 2. The van der Waals surface area contributed by atoms with Crippen LogP contribution < -0.4 is 18.9 Å². The molecule has 8 heteroatoms. The van der Waals surface area contributed by atoms with E-state index in [9.17, 15) is 0 Å². The third-order valence-electron chi connectivity index (χ3n) is 12.6. The monoisotopic (exact) mass is 1030 g/mol. The Morgan fingerprint density at radius 3 is 1.37 bits per heavy atom. The Hall–Kier alpha value is -2.00. The highest BCUT2D eigenvalue weighted by Crippen LogP contribution is 2.45. The molecule has 0 spiro atoms. The van der Waals surface area contributed by atoms with E-state index in [1.54, 1.807) is 0 Å². The van der Waals surface area contributed by atoms with Crippen LogP contribution in [0.4, 0.5) is 0 Å². The van der Waals surface area contributed by atoms with Gasteiger partial charge in [-0.15, -0.1) is 0 Å². The Bertz CT molecular complexity index is 2010. The van der Waals surface area contributed by atoms with Crippen LogP contribution in [0, 0.1) is 6.92 Å². The summed E-state index contributed by atoms with van der Waals surface area (Å²) in [5.74, 6) is 4.25. The van der Waals surface area contributed by atoms with Crippen molar-refractivity contribution in [1.82, 2.24) is 0 Å². The Morgan fingerprint density at radius 1 is 0.474 bits per heavy atom. The standard InChI is InChI=1S/2C13H17BrO.C12H15BrO.C11H13BrO/c1-4-9-7-12-10(8-11(9)14)13(2,3)5-6-15-12;1-3-13(4-2)7-8-15-12-6-5-10(14)9-11(12)13;1-8-6-11-9(7-10(8)13)12(2,3)4-5-14-11;1-11(2)5-6-13-10-4-3-8(12)7-9(10)11/h7-8H,4-6H2,1-3H3;5-6,9H,3-4,7-8H2,1-2H3;6-7H,4-5H2,1-3H3;3-4,7H,5-6H2,1-2H3. The van der Waals surface area contributed by atoms with Gasteiger partial charge in [0, 0.05) is 45.6 Å². The van der Waals surface area contributed by atoms with Gasteiger partial charge in [-0.1, -0.05) is 126 Å². The molecule has 0 aliphatic carbocycles. The van der Waals surface area contributed by atoms with E-state index in [1.165, 1.54) is 55.2 Å². The van der Waals surface area contributed by atoms with Crippen molar-refractivity contribution in [2.45, 2.75) is 136 Å². The Balaban J connectivity index is 0.000000145. The van der Waals surface area contributed by atoms with E-state index in [-0.39, 0.29) is 16.2 Å². The van der Waals surface area contributed by atoms with E-state index >= 15 is 0 Å². The van der Waals surface area contributed by atoms with Crippen LogP contribution in [0.5, 0.6) is 23.0 Å². The second-order valence-corrected chi connectivity index (χ2v) is 21.2. The van der Waals surface area contributed by atoms with Crippen molar-refractivity contribution < 1.29 is 18.9 Å². The second kappa shape index (κ2) is 19.1. The summed E-state index contributed by atoms with van der Waals surface area (Å²) in [6.07, 6.45) is 7.84. The summed E-state index contributed by atoms with van der Waals surface area (Å²) >= 11 is 14.2. The number of fused-ring (bicyclic) bond motifs is 4. The van der Waals surface area contributed by atoms with Crippen LogP contribution in [0.25, 0.3) is 0 Å². The summed E-state index contributed by atoms with van der Waals surface area (Å²) in [4.78, 5) is 0. The molecule has 4 aliphatic rings. The fraction of sp³-hybridized carbons (Fsp3) is 0.510. The maximum Gasteiger partial charge on any atom is 0.123 e. The number of benzene rings is 4. The number of rotatable bonds is 3. The second-order valence-electron chi connectivity index (χ2n) is 17.7. The smallest absolute Gasteiger partial charge is 0.123 e. The van der Waals surface area contributed by atoms with Gasteiger partial charge in [0.25, 0.3) is 0 Å². The zero-order chi connectivity index (χ0) is 41.8. The van der Waals surface area contributed by atoms with Crippen molar-refractivity contribution in [2.75, 3.05) is 26.4 Å². The molecule has 57 heavy (non-hydrogen) atoms. The first kappa shape index (κ1) is 46.1. The molecule has 0 fully saturated rings. The van der Waals surface area contributed by atoms with E-state index < -0.39 is 0 Å². The van der Waals surface area contributed by atoms with E-state index in [4.69, 9.17) is 18.9 Å². The highest BCUT2D eigenvalue weighted by Gasteiger charge is 2.35. The molecule has 4 aliphatic heterocycles. The number of halogens is 4. The van der Waals surface area contributed by atoms with Crippen molar-refractivity contribution in [3.05, 3.63) is 112 Å². The lowest BCUT2D eigenvalue weighted by molar-refractivity contribution is 0.204. The molecule has 310 valence electrons. The van der Waals surface area contributed by atoms with E-state index in [1.807, 2.05) is 12.1 Å². The summed E-state index contributed by atoms with van der Waals surface area (Å²) in [7, 11) is 0. The fourth-order valence-electron chi connectivity index (χ4n) is 8.15. The minimum atomic E-state index is 0.238. The predicted octanol–water partition coefficient (Wildman–Crippen LogP) is 15.7. The zero-order valence-electron chi connectivity index (χ0n) is 35.7. The van der Waals surface area contributed by atoms with Gasteiger partial charge in [0.2, 0.25) is 0 Å². The molecule has 4 heterocycles. The molecule has 4 aromatic rings. The van der Waals surface area contributed by atoms with Crippen LogP contribution in [-0.2, 0) is 28.1 Å². The van der Waals surface area contributed by atoms with Crippen molar-refractivity contribution in [3.63, 3.8) is 0 Å². The van der Waals surface area contributed by atoms with Crippen LogP contribution >= 0.6 is 63.7 Å². The van der Waals surface area contributed by atoms with Gasteiger partial charge in [-0.25, -0.2) is 0 Å². The molecular formula is C49H62Br4O4. The Morgan fingerprint density at radius 2 is 0.877 bits per heavy atom. The van der Waals surface area contributed by atoms with E-state index in [0.717, 1.165) is 90.5 Å². The lowest BCUT2D eigenvalue weighted by atomic mass is 9.72. The van der Waals surface area contributed by atoms with Gasteiger partial charge in [0.15, 0.2) is 0 Å². The third kappa shape index (κ3) is 10.9. The van der Waals surface area contributed by atoms with E-state index in [0.29, 0.717) is 5.41 Å². The maximum absolute atomic E-state index is 5.74.